The summed E-state index contributed by atoms with van der Waals surface area (Å²) in [6.07, 6.45) is 0.329. The molecule has 2 aromatic rings. The fraction of sp³-hybridized carbons (Fsp3) is 0.263. The van der Waals surface area contributed by atoms with Crippen LogP contribution in [0.15, 0.2) is 59.7 Å². The van der Waals surface area contributed by atoms with E-state index in [1.54, 1.807) is 30.5 Å². The van der Waals surface area contributed by atoms with Crippen LogP contribution < -0.4 is 10.3 Å². The molecule has 5 heteroatoms. The van der Waals surface area contributed by atoms with Crippen LogP contribution in [0.25, 0.3) is 0 Å². The Labute approximate surface area is 142 Å². The first kappa shape index (κ1) is 17.7. The first-order chi connectivity index (χ1) is 11.7. The minimum Gasteiger partial charge on any atom is -0.378 e. The Hall–Kier alpha value is -2.66. The Bertz CT molecular complexity index is 665. The maximum absolute atomic E-state index is 11.9. The van der Waals surface area contributed by atoms with E-state index in [1.165, 1.54) is 0 Å². The summed E-state index contributed by atoms with van der Waals surface area (Å²) in [4.78, 5) is 14.1. The molecule has 1 atom stereocenters. The van der Waals surface area contributed by atoms with Crippen molar-refractivity contribution in [1.29, 1.82) is 0 Å². The molecule has 0 aliphatic heterocycles. The molecule has 0 radical (unpaired) electrons. The highest BCUT2D eigenvalue weighted by Gasteiger charge is 2.15. The summed E-state index contributed by atoms with van der Waals surface area (Å²) in [5, 5.41) is 13.9. The van der Waals surface area contributed by atoms with Crippen molar-refractivity contribution in [2.75, 3.05) is 18.0 Å². The molecule has 0 bridgehead atoms. The van der Waals surface area contributed by atoms with E-state index in [1.807, 2.05) is 30.3 Å². The van der Waals surface area contributed by atoms with Crippen LogP contribution in [0, 0.1) is 0 Å². The summed E-state index contributed by atoms with van der Waals surface area (Å²) < 4.78 is 0. The van der Waals surface area contributed by atoms with Gasteiger partial charge in [-0.15, -0.1) is 0 Å². The summed E-state index contributed by atoms with van der Waals surface area (Å²) in [6.45, 7) is 6.15. The van der Waals surface area contributed by atoms with Gasteiger partial charge in [0.15, 0.2) is 6.10 Å². The van der Waals surface area contributed by atoms with E-state index in [0.717, 1.165) is 24.3 Å². The summed E-state index contributed by atoms with van der Waals surface area (Å²) in [7, 11) is 0. The third-order valence-corrected chi connectivity index (χ3v) is 3.77. The molecule has 1 amide bonds. The van der Waals surface area contributed by atoms with Crippen molar-refractivity contribution in [1.82, 2.24) is 5.43 Å². The van der Waals surface area contributed by atoms with Gasteiger partial charge in [0.1, 0.15) is 0 Å². The van der Waals surface area contributed by atoms with Crippen molar-refractivity contribution in [3.8, 4) is 0 Å². The molecule has 24 heavy (non-hydrogen) atoms. The minimum atomic E-state index is -1.23. The summed E-state index contributed by atoms with van der Waals surface area (Å²) in [5.41, 5.74) is 4.92. The van der Waals surface area contributed by atoms with Gasteiger partial charge in [0.05, 0.1) is 6.21 Å². The lowest BCUT2D eigenvalue weighted by Gasteiger charge is -2.20. The number of anilines is 1. The smallest absolute Gasteiger partial charge is 0.273 e. The van der Waals surface area contributed by atoms with Gasteiger partial charge < -0.3 is 10.0 Å². The minimum absolute atomic E-state index is 0.536. The number of aliphatic hydroxyl groups excluding tert-OH is 1. The molecular formula is C19H23N3O2. The van der Waals surface area contributed by atoms with Gasteiger partial charge in [-0.1, -0.05) is 42.5 Å². The number of hydrogen-bond donors (Lipinski definition) is 2. The second-order valence-electron chi connectivity index (χ2n) is 5.31. The van der Waals surface area contributed by atoms with Crippen molar-refractivity contribution < 1.29 is 9.90 Å². The van der Waals surface area contributed by atoms with Crippen LogP contribution in [0.4, 0.5) is 5.69 Å². The molecule has 126 valence electrons. The van der Waals surface area contributed by atoms with E-state index in [-0.39, 0.29) is 0 Å². The zero-order chi connectivity index (χ0) is 17.4. The van der Waals surface area contributed by atoms with Crippen LogP contribution in [0.3, 0.4) is 0 Å². The summed E-state index contributed by atoms with van der Waals surface area (Å²) in [6, 6.07) is 16.7. The number of nitrogens with zero attached hydrogens (tertiary/aromatic N) is 2. The molecule has 2 N–H and O–H groups in total. The standard InChI is InChI=1S/C19H23N3O2/c1-3-22(4-2)17-12-10-15(11-13-17)14-20-21-19(24)18(23)16-8-6-5-7-9-16/h5-14,18,23H,3-4H2,1-2H3,(H,21,24)/t18-/m1/s1. The Morgan fingerprint density at radius 3 is 2.33 bits per heavy atom. The zero-order valence-electron chi connectivity index (χ0n) is 14.0. The highest BCUT2D eigenvalue weighted by Crippen LogP contribution is 2.14. The third kappa shape index (κ3) is 4.67. The SMILES string of the molecule is CCN(CC)c1ccc(C=NNC(=O)[C@H](O)c2ccccc2)cc1. The second kappa shape index (κ2) is 8.84. The zero-order valence-corrected chi connectivity index (χ0v) is 14.0. The van der Waals surface area contributed by atoms with Crippen LogP contribution in [0.1, 0.15) is 31.1 Å². The largest absolute Gasteiger partial charge is 0.378 e. The average molecular weight is 325 g/mol. The van der Waals surface area contributed by atoms with Gasteiger partial charge >= 0.3 is 0 Å². The van der Waals surface area contributed by atoms with Gasteiger partial charge in [-0.25, -0.2) is 5.43 Å². The number of carbonyl (C=O) groups excluding carboxylic acids is 1. The normalized spacial score (nSPS) is 12.1. The predicted molar refractivity (Wildman–Crippen MR) is 97.1 cm³/mol. The van der Waals surface area contributed by atoms with Gasteiger partial charge in [0.25, 0.3) is 5.91 Å². The molecule has 2 rings (SSSR count). The Balaban J connectivity index is 1.93. The Kier molecular flexibility index (Phi) is 6.51. The maximum Gasteiger partial charge on any atom is 0.273 e. The monoisotopic (exact) mass is 325 g/mol. The van der Waals surface area contributed by atoms with Crippen LogP contribution in [-0.2, 0) is 4.79 Å². The first-order valence-electron chi connectivity index (χ1n) is 8.06. The molecule has 0 saturated carbocycles. The number of hydrogen-bond acceptors (Lipinski definition) is 4. The molecule has 0 aliphatic carbocycles. The number of rotatable bonds is 7. The fourth-order valence-electron chi connectivity index (χ4n) is 2.38. The fourth-order valence-corrected chi connectivity index (χ4v) is 2.38. The van der Waals surface area contributed by atoms with E-state index in [0.29, 0.717) is 5.56 Å². The predicted octanol–water partition coefficient (Wildman–Crippen LogP) is 2.72. The van der Waals surface area contributed by atoms with Gasteiger partial charge in [0, 0.05) is 18.8 Å². The summed E-state index contributed by atoms with van der Waals surface area (Å²) >= 11 is 0. The van der Waals surface area contributed by atoms with Crippen molar-refractivity contribution in [2.24, 2.45) is 5.10 Å². The first-order valence-corrected chi connectivity index (χ1v) is 8.06. The van der Waals surface area contributed by atoms with Gasteiger partial charge in [-0.2, -0.15) is 5.10 Å². The van der Waals surface area contributed by atoms with Crippen LogP contribution in [0.2, 0.25) is 0 Å². The van der Waals surface area contributed by atoms with E-state index >= 15 is 0 Å². The molecule has 0 fully saturated rings. The van der Waals surface area contributed by atoms with Crippen LogP contribution in [0.5, 0.6) is 0 Å². The molecule has 0 aromatic heterocycles. The van der Waals surface area contributed by atoms with Crippen molar-refractivity contribution in [3.63, 3.8) is 0 Å². The van der Waals surface area contributed by atoms with E-state index in [4.69, 9.17) is 0 Å². The van der Waals surface area contributed by atoms with Gasteiger partial charge in [-0.3, -0.25) is 4.79 Å². The lowest BCUT2D eigenvalue weighted by molar-refractivity contribution is -0.129. The average Bonchev–Trinajstić information content (AvgIpc) is 2.64. The van der Waals surface area contributed by atoms with Gasteiger partial charge in [-0.05, 0) is 37.1 Å². The van der Waals surface area contributed by atoms with Crippen LogP contribution in [-0.4, -0.2) is 30.3 Å². The van der Waals surface area contributed by atoms with Crippen molar-refractivity contribution in [3.05, 3.63) is 65.7 Å². The number of nitrogens with one attached hydrogen (secondary N) is 1. The lowest BCUT2D eigenvalue weighted by atomic mass is 10.1. The lowest BCUT2D eigenvalue weighted by Crippen LogP contribution is -2.25. The molecular weight excluding hydrogens is 302 g/mol. The summed E-state index contributed by atoms with van der Waals surface area (Å²) in [5.74, 6) is -0.558. The number of aliphatic hydroxyl groups is 1. The van der Waals surface area contributed by atoms with E-state index in [2.05, 4.69) is 29.3 Å². The molecule has 0 spiro atoms. The molecule has 0 heterocycles. The highest BCUT2D eigenvalue weighted by atomic mass is 16.3. The van der Waals surface area contributed by atoms with E-state index in [9.17, 15) is 9.90 Å². The van der Waals surface area contributed by atoms with Gasteiger partial charge in [0.2, 0.25) is 0 Å². The Morgan fingerprint density at radius 2 is 1.75 bits per heavy atom. The number of benzene rings is 2. The van der Waals surface area contributed by atoms with Crippen molar-refractivity contribution in [2.45, 2.75) is 20.0 Å². The molecule has 0 unspecified atom stereocenters. The number of hydrazone groups is 1. The number of carbonyl (C=O) groups is 1. The van der Waals surface area contributed by atoms with Crippen LogP contribution >= 0.6 is 0 Å². The molecule has 2 aromatic carbocycles. The molecule has 5 nitrogen and oxygen atoms in total. The highest BCUT2D eigenvalue weighted by molar-refractivity contribution is 5.85. The third-order valence-electron chi connectivity index (χ3n) is 3.77. The number of amides is 1. The topological polar surface area (TPSA) is 64.9 Å². The quantitative estimate of drug-likeness (QED) is 0.608. The second-order valence-corrected chi connectivity index (χ2v) is 5.31. The Morgan fingerprint density at radius 1 is 1.12 bits per heavy atom. The molecule has 0 saturated heterocycles. The maximum atomic E-state index is 11.9. The molecule has 0 aliphatic rings. The van der Waals surface area contributed by atoms with E-state index < -0.39 is 12.0 Å². The van der Waals surface area contributed by atoms with Crippen molar-refractivity contribution >= 4 is 17.8 Å².